The normalized spacial score (nSPS) is 27.1. The van der Waals surface area contributed by atoms with Crippen molar-refractivity contribution in [3.8, 4) is 0 Å². The molecule has 0 aromatic carbocycles. The first kappa shape index (κ1) is 7.37. The second kappa shape index (κ2) is 2.90. The maximum Gasteiger partial charge on any atom is 0.220 e. The molecule has 0 bridgehead atoms. The van der Waals surface area contributed by atoms with Gasteiger partial charge in [0.2, 0.25) is 10.0 Å². The van der Waals surface area contributed by atoms with Gasteiger partial charge in [0.15, 0.2) is 0 Å². The summed E-state index contributed by atoms with van der Waals surface area (Å²) in [6.07, 6.45) is 1.79. The molecule has 0 spiro atoms. The summed E-state index contributed by atoms with van der Waals surface area (Å²) in [4.78, 5) is 0. The third-order valence-electron chi connectivity index (χ3n) is 1.10. The van der Waals surface area contributed by atoms with Crippen molar-refractivity contribution in [1.29, 1.82) is 0 Å². The average Bonchev–Trinajstić information content (AvgIpc) is 1.92. The minimum atomic E-state index is -2.91. The summed E-state index contributed by atoms with van der Waals surface area (Å²) in [7, 11) is -2.91. The molecule has 1 saturated heterocycles. The molecule has 9 heavy (non-hydrogen) atoms. The molecular weight excluding hydrogens is 158 g/mol. The van der Waals surface area contributed by atoms with E-state index in [1.54, 1.807) is 0 Å². The van der Waals surface area contributed by atoms with E-state index in [4.69, 9.17) is 0 Å². The summed E-state index contributed by atoms with van der Waals surface area (Å²) in [5, 5.41) is 0. The Hall–Kier alpha value is 0.260. The number of hydrogen-bond acceptors (Lipinski definition) is 3. The van der Waals surface area contributed by atoms with Gasteiger partial charge < -0.3 is 0 Å². The first-order valence-corrected chi connectivity index (χ1v) is 5.46. The van der Waals surface area contributed by atoms with Gasteiger partial charge in [-0.15, -0.1) is 0 Å². The number of hydrogen-bond donors (Lipinski definition) is 1. The largest absolute Gasteiger partial charge is 0.220 e. The summed E-state index contributed by atoms with van der Waals surface area (Å²) < 4.78 is 23.9. The molecule has 5 heteroatoms. The predicted molar refractivity (Wildman–Crippen MR) is 38.6 cm³/mol. The van der Waals surface area contributed by atoms with Gasteiger partial charge in [0, 0.05) is 5.75 Å². The molecule has 0 amide bonds. The first-order chi connectivity index (χ1) is 4.21. The van der Waals surface area contributed by atoms with Crippen LogP contribution in [0, 0.1) is 0 Å². The molecule has 1 heterocycles. The molecule has 0 unspecified atom stereocenters. The van der Waals surface area contributed by atoms with Crippen molar-refractivity contribution in [1.82, 2.24) is 4.13 Å². The van der Waals surface area contributed by atoms with Gasteiger partial charge in [-0.2, -0.15) is 4.13 Å². The molecule has 0 aromatic rings. The number of nitrogens with one attached hydrogen (secondary N) is 1. The van der Waals surface area contributed by atoms with E-state index < -0.39 is 10.0 Å². The molecule has 1 rings (SSSR count). The molecule has 0 aromatic heterocycles. The predicted octanol–water partition coefficient (Wildman–Crippen LogP) is 0.348. The standard InChI is InChI=1S/C4H9NO2S2/c6-9(7)4-2-1-3-8-5-9/h5H,1-4H2. The van der Waals surface area contributed by atoms with Crippen LogP contribution in [-0.2, 0) is 10.0 Å². The Labute approximate surface area is 59.4 Å². The second-order valence-electron chi connectivity index (χ2n) is 1.96. The smallest absolute Gasteiger partial charge is 0.212 e. The van der Waals surface area contributed by atoms with E-state index in [-0.39, 0.29) is 0 Å². The van der Waals surface area contributed by atoms with Gasteiger partial charge in [0.05, 0.1) is 5.75 Å². The van der Waals surface area contributed by atoms with Gasteiger partial charge in [0.25, 0.3) is 0 Å². The maximum atomic E-state index is 10.7. The third-order valence-corrected chi connectivity index (χ3v) is 3.90. The molecule has 0 radical (unpaired) electrons. The number of sulfonamides is 1. The Morgan fingerprint density at radius 3 is 2.89 bits per heavy atom. The minimum absolute atomic E-state index is 0.292. The number of rotatable bonds is 0. The van der Waals surface area contributed by atoms with Gasteiger partial charge in [-0.25, -0.2) is 8.42 Å². The van der Waals surface area contributed by atoms with Crippen LogP contribution in [0.5, 0.6) is 0 Å². The fourth-order valence-electron chi connectivity index (χ4n) is 0.639. The van der Waals surface area contributed by atoms with Crippen molar-refractivity contribution in [2.24, 2.45) is 0 Å². The van der Waals surface area contributed by atoms with E-state index in [9.17, 15) is 8.42 Å². The van der Waals surface area contributed by atoms with Crippen LogP contribution >= 0.6 is 11.9 Å². The van der Waals surface area contributed by atoms with Gasteiger partial charge in [-0.1, -0.05) is 11.9 Å². The van der Waals surface area contributed by atoms with Crippen LogP contribution in [-0.4, -0.2) is 19.9 Å². The summed E-state index contributed by atoms with van der Waals surface area (Å²) in [6.45, 7) is 0. The Kier molecular flexibility index (Phi) is 2.37. The minimum Gasteiger partial charge on any atom is -0.212 e. The molecule has 1 aliphatic heterocycles. The Morgan fingerprint density at radius 2 is 2.11 bits per heavy atom. The monoisotopic (exact) mass is 167 g/mol. The summed E-state index contributed by atoms with van der Waals surface area (Å²) in [5.41, 5.74) is 0. The van der Waals surface area contributed by atoms with Crippen LogP contribution in [0.4, 0.5) is 0 Å². The lowest BCUT2D eigenvalue weighted by molar-refractivity contribution is 0.592. The fourth-order valence-corrected chi connectivity index (χ4v) is 2.96. The summed E-state index contributed by atoms with van der Waals surface area (Å²) in [6, 6.07) is 0. The van der Waals surface area contributed by atoms with Gasteiger partial charge >= 0.3 is 0 Å². The van der Waals surface area contributed by atoms with E-state index in [2.05, 4.69) is 4.13 Å². The highest BCUT2D eigenvalue weighted by molar-refractivity contribution is 8.09. The fraction of sp³-hybridized carbons (Fsp3) is 1.00. The van der Waals surface area contributed by atoms with E-state index in [1.807, 2.05) is 0 Å². The van der Waals surface area contributed by atoms with Crippen LogP contribution in [0.25, 0.3) is 0 Å². The topological polar surface area (TPSA) is 46.2 Å². The Balaban J connectivity index is 2.56. The van der Waals surface area contributed by atoms with Crippen molar-refractivity contribution in [3.63, 3.8) is 0 Å². The SMILES string of the molecule is O=S1(=O)CCCCSN1. The van der Waals surface area contributed by atoms with Crippen molar-refractivity contribution in [2.75, 3.05) is 11.5 Å². The van der Waals surface area contributed by atoms with Crippen molar-refractivity contribution in [3.05, 3.63) is 0 Å². The first-order valence-electron chi connectivity index (χ1n) is 2.82. The van der Waals surface area contributed by atoms with Crippen LogP contribution in [0.3, 0.4) is 0 Å². The lowest BCUT2D eigenvalue weighted by atomic mass is 10.4. The highest BCUT2D eigenvalue weighted by Gasteiger charge is 2.12. The molecule has 1 N–H and O–H groups in total. The molecule has 1 fully saturated rings. The zero-order valence-electron chi connectivity index (χ0n) is 4.96. The lowest BCUT2D eigenvalue weighted by Gasteiger charge is -1.95. The van der Waals surface area contributed by atoms with Crippen molar-refractivity contribution in [2.45, 2.75) is 12.8 Å². The molecule has 0 aliphatic carbocycles. The maximum absolute atomic E-state index is 10.7. The van der Waals surface area contributed by atoms with E-state index in [1.165, 1.54) is 11.9 Å². The second-order valence-corrected chi connectivity index (χ2v) is 4.96. The molecule has 1 aliphatic rings. The van der Waals surface area contributed by atoms with E-state index in [0.29, 0.717) is 5.75 Å². The molecular formula is C4H9NO2S2. The van der Waals surface area contributed by atoms with Crippen molar-refractivity contribution >= 4 is 22.0 Å². The third kappa shape index (κ3) is 2.55. The van der Waals surface area contributed by atoms with Crippen LogP contribution < -0.4 is 4.13 Å². The molecule has 0 atom stereocenters. The average molecular weight is 167 g/mol. The highest BCUT2D eigenvalue weighted by atomic mass is 32.3. The van der Waals surface area contributed by atoms with Crippen molar-refractivity contribution < 1.29 is 8.42 Å². The van der Waals surface area contributed by atoms with Gasteiger partial charge in [-0.05, 0) is 12.8 Å². The van der Waals surface area contributed by atoms with Crippen LogP contribution in [0.1, 0.15) is 12.8 Å². The zero-order chi connectivity index (χ0) is 6.74. The van der Waals surface area contributed by atoms with E-state index >= 15 is 0 Å². The zero-order valence-corrected chi connectivity index (χ0v) is 6.59. The summed E-state index contributed by atoms with van der Waals surface area (Å²) in [5.74, 6) is 1.19. The van der Waals surface area contributed by atoms with Gasteiger partial charge in [0.1, 0.15) is 0 Å². The van der Waals surface area contributed by atoms with Gasteiger partial charge in [-0.3, -0.25) is 0 Å². The van der Waals surface area contributed by atoms with Crippen LogP contribution in [0.2, 0.25) is 0 Å². The van der Waals surface area contributed by atoms with Crippen LogP contribution in [0.15, 0.2) is 0 Å². The van der Waals surface area contributed by atoms with E-state index in [0.717, 1.165) is 18.6 Å². The highest BCUT2D eigenvalue weighted by Crippen LogP contribution is 2.09. The molecule has 3 nitrogen and oxygen atoms in total. The quantitative estimate of drug-likeness (QED) is 0.529. The molecule has 0 saturated carbocycles. The Bertz CT molecular complexity index is 161. The Morgan fingerprint density at radius 1 is 1.33 bits per heavy atom. The molecule has 54 valence electrons. The lowest BCUT2D eigenvalue weighted by Crippen LogP contribution is -2.17. The summed E-state index contributed by atoms with van der Waals surface area (Å²) >= 11 is 1.28.